The van der Waals surface area contributed by atoms with Gasteiger partial charge in [-0.1, -0.05) is 0 Å². The van der Waals surface area contributed by atoms with Crippen molar-refractivity contribution in [2.24, 2.45) is 5.73 Å². The molecule has 2 heterocycles. The van der Waals surface area contributed by atoms with Crippen LogP contribution in [0.25, 0.3) is 5.69 Å². The molecule has 2 N–H and O–H groups in total. The number of carbonyl (C=O) groups excluding carboxylic acids is 1. The zero-order valence-corrected chi connectivity index (χ0v) is 15.1. The van der Waals surface area contributed by atoms with Crippen molar-refractivity contribution in [2.75, 3.05) is 45.3 Å². The fourth-order valence-electron chi connectivity index (χ4n) is 3.38. The van der Waals surface area contributed by atoms with Crippen LogP contribution in [-0.2, 0) is 4.74 Å². The first kappa shape index (κ1) is 18.2. The molecule has 1 aromatic heterocycles. The molecule has 2 aromatic rings. The van der Waals surface area contributed by atoms with Crippen LogP contribution >= 0.6 is 0 Å². The van der Waals surface area contributed by atoms with Crippen LogP contribution < -0.4 is 16.2 Å². The number of pyridine rings is 1. The molecule has 0 bridgehead atoms. The predicted molar refractivity (Wildman–Crippen MR) is 101 cm³/mol. The lowest BCUT2D eigenvalue weighted by Gasteiger charge is -2.41. The average molecular weight is 356 g/mol. The quantitative estimate of drug-likeness (QED) is 0.853. The van der Waals surface area contributed by atoms with Gasteiger partial charge in [-0.05, 0) is 43.4 Å². The van der Waals surface area contributed by atoms with Crippen molar-refractivity contribution < 1.29 is 9.53 Å². The molecule has 1 amide bonds. The lowest BCUT2D eigenvalue weighted by molar-refractivity contribution is 0.0998. The predicted octanol–water partition coefficient (Wildman–Crippen LogP) is 0.703. The van der Waals surface area contributed by atoms with Crippen molar-refractivity contribution in [3.63, 3.8) is 0 Å². The van der Waals surface area contributed by atoms with Gasteiger partial charge in [0.25, 0.3) is 11.5 Å². The summed E-state index contributed by atoms with van der Waals surface area (Å²) in [6.07, 6.45) is 1.63. The monoisotopic (exact) mass is 356 g/mol. The maximum absolute atomic E-state index is 12.4. The summed E-state index contributed by atoms with van der Waals surface area (Å²) in [7, 11) is 3.83. The van der Waals surface area contributed by atoms with Crippen molar-refractivity contribution in [1.29, 1.82) is 0 Å². The summed E-state index contributed by atoms with van der Waals surface area (Å²) < 4.78 is 6.80. The number of anilines is 1. The molecule has 1 atom stereocenters. The number of hydrogen-bond acceptors (Lipinski definition) is 5. The van der Waals surface area contributed by atoms with Crippen molar-refractivity contribution >= 4 is 11.6 Å². The molecule has 0 radical (unpaired) electrons. The second-order valence-electron chi connectivity index (χ2n) is 6.54. The van der Waals surface area contributed by atoms with Crippen LogP contribution in [0.2, 0.25) is 0 Å². The van der Waals surface area contributed by atoms with Crippen LogP contribution in [0.15, 0.2) is 47.4 Å². The molecule has 1 aromatic carbocycles. The Morgan fingerprint density at radius 2 is 1.88 bits per heavy atom. The number of rotatable bonds is 5. The van der Waals surface area contributed by atoms with Gasteiger partial charge in [0, 0.05) is 44.3 Å². The van der Waals surface area contributed by atoms with Gasteiger partial charge < -0.3 is 20.3 Å². The van der Waals surface area contributed by atoms with Gasteiger partial charge in [0.05, 0.1) is 12.6 Å². The number of benzene rings is 1. The number of carbonyl (C=O) groups is 1. The summed E-state index contributed by atoms with van der Waals surface area (Å²) in [4.78, 5) is 28.4. The number of nitrogens with zero attached hydrogens (tertiary/aromatic N) is 3. The molecule has 1 saturated heterocycles. The Bertz CT molecular complexity index is 831. The molecule has 0 saturated carbocycles. The third kappa shape index (κ3) is 3.63. The highest BCUT2D eigenvalue weighted by molar-refractivity contribution is 5.92. The fraction of sp³-hybridized carbons (Fsp3) is 0.368. The summed E-state index contributed by atoms with van der Waals surface area (Å²) in [5.41, 5.74) is 6.61. The molecule has 138 valence electrons. The van der Waals surface area contributed by atoms with E-state index in [4.69, 9.17) is 10.5 Å². The standard InChI is InChI=1S/C19H24N4O3/c1-21-10-11-22(16(12-21)13-26-2)14-5-7-15(8-6-14)23-9-3-4-17(18(20)24)19(23)25/h3-9,16H,10-13H2,1-2H3,(H2,20,24). The second kappa shape index (κ2) is 7.72. The van der Waals surface area contributed by atoms with Crippen LogP contribution in [0.1, 0.15) is 10.4 Å². The fourth-order valence-corrected chi connectivity index (χ4v) is 3.38. The van der Waals surface area contributed by atoms with E-state index in [2.05, 4.69) is 16.8 Å². The molecular formula is C19H24N4O3. The lowest BCUT2D eigenvalue weighted by atomic mass is 10.1. The number of methoxy groups -OCH3 is 1. The van der Waals surface area contributed by atoms with Crippen molar-refractivity contribution in [1.82, 2.24) is 9.47 Å². The Hall–Kier alpha value is -2.64. The van der Waals surface area contributed by atoms with Crippen LogP contribution in [0.4, 0.5) is 5.69 Å². The highest BCUT2D eigenvalue weighted by atomic mass is 16.5. The third-order valence-corrected chi connectivity index (χ3v) is 4.72. The van der Waals surface area contributed by atoms with Gasteiger partial charge in [-0.25, -0.2) is 0 Å². The molecule has 0 spiro atoms. The first-order chi connectivity index (χ1) is 12.5. The van der Waals surface area contributed by atoms with Crippen molar-refractivity contribution in [3.8, 4) is 5.69 Å². The number of aromatic nitrogens is 1. The maximum Gasteiger partial charge on any atom is 0.267 e. The van der Waals surface area contributed by atoms with E-state index in [1.807, 2.05) is 24.3 Å². The Kier molecular flexibility index (Phi) is 5.39. The summed E-state index contributed by atoms with van der Waals surface area (Å²) in [6, 6.07) is 11.1. The van der Waals surface area contributed by atoms with Gasteiger partial charge in [-0.2, -0.15) is 0 Å². The molecule has 1 aliphatic heterocycles. The second-order valence-corrected chi connectivity index (χ2v) is 6.54. The molecule has 1 aliphatic rings. The molecule has 7 heteroatoms. The zero-order valence-electron chi connectivity index (χ0n) is 15.1. The van der Waals surface area contributed by atoms with E-state index in [0.29, 0.717) is 12.3 Å². The van der Waals surface area contributed by atoms with Crippen LogP contribution in [-0.4, -0.2) is 61.8 Å². The van der Waals surface area contributed by atoms with E-state index < -0.39 is 11.5 Å². The van der Waals surface area contributed by atoms with Crippen LogP contribution in [0.5, 0.6) is 0 Å². The topological polar surface area (TPSA) is 80.8 Å². The summed E-state index contributed by atoms with van der Waals surface area (Å²) in [6.45, 7) is 3.50. The zero-order chi connectivity index (χ0) is 18.7. The van der Waals surface area contributed by atoms with Crippen molar-refractivity contribution in [3.05, 3.63) is 58.5 Å². The van der Waals surface area contributed by atoms with Gasteiger partial charge in [0.1, 0.15) is 5.56 Å². The van der Waals surface area contributed by atoms with E-state index in [1.54, 1.807) is 19.4 Å². The molecule has 0 aliphatic carbocycles. The Morgan fingerprint density at radius 1 is 1.19 bits per heavy atom. The number of nitrogens with two attached hydrogens (primary N) is 1. The highest BCUT2D eigenvalue weighted by Gasteiger charge is 2.25. The molecule has 26 heavy (non-hydrogen) atoms. The Labute approximate surface area is 152 Å². The molecular weight excluding hydrogens is 332 g/mol. The summed E-state index contributed by atoms with van der Waals surface area (Å²) >= 11 is 0. The maximum atomic E-state index is 12.4. The number of hydrogen-bond donors (Lipinski definition) is 1. The van der Waals surface area contributed by atoms with Gasteiger partial charge in [0.2, 0.25) is 0 Å². The number of amides is 1. The highest BCUT2D eigenvalue weighted by Crippen LogP contribution is 2.22. The SMILES string of the molecule is COCC1CN(C)CCN1c1ccc(-n2cccc(C(N)=O)c2=O)cc1. The largest absolute Gasteiger partial charge is 0.383 e. The molecule has 1 unspecified atom stereocenters. The minimum absolute atomic E-state index is 0.0178. The minimum Gasteiger partial charge on any atom is -0.383 e. The number of primary amides is 1. The van der Waals surface area contributed by atoms with E-state index in [-0.39, 0.29) is 11.6 Å². The molecule has 3 rings (SSSR count). The third-order valence-electron chi connectivity index (χ3n) is 4.72. The summed E-state index contributed by atoms with van der Waals surface area (Å²) in [5.74, 6) is -0.721. The van der Waals surface area contributed by atoms with E-state index in [1.165, 1.54) is 10.6 Å². The number of piperazine rings is 1. The normalized spacial score (nSPS) is 18.1. The van der Waals surface area contributed by atoms with Gasteiger partial charge in [-0.15, -0.1) is 0 Å². The first-order valence-electron chi connectivity index (χ1n) is 8.57. The molecule has 7 nitrogen and oxygen atoms in total. The lowest BCUT2D eigenvalue weighted by Crippen LogP contribution is -2.53. The Morgan fingerprint density at radius 3 is 2.54 bits per heavy atom. The van der Waals surface area contributed by atoms with E-state index in [0.717, 1.165) is 25.3 Å². The van der Waals surface area contributed by atoms with Gasteiger partial charge in [0.15, 0.2) is 0 Å². The first-order valence-corrected chi connectivity index (χ1v) is 8.57. The van der Waals surface area contributed by atoms with Crippen LogP contribution in [0, 0.1) is 0 Å². The Balaban J connectivity index is 1.88. The van der Waals surface area contributed by atoms with Gasteiger partial charge in [-0.3, -0.25) is 14.2 Å². The smallest absolute Gasteiger partial charge is 0.267 e. The number of likely N-dealkylation sites (N-methyl/N-ethyl adjacent to an activating group) is 1. The van der Waals surface area contributed by atoms with Crippen molar-refractivity contribution in [2.45, 2.75) is 6.04 Å². The van der Waals surface area contributed by atoms with Gasteiger partial charge >= 0.3 is 0 Å². The molecule has 1 fully saturated rings. The number of ether oxygens (including phenoxy) is 1. The average Bonchev–Trinajstić information content (AvgIpc) is 2.62. The van der Waals surface area contributed by atoms with E-state index in [9.17, 15) is 9.59 Å². The van der Waals surface area contributed by atoms with E-state index >= 15 is 0 Å². The summed E-state index contributed by atoms with van der Waals surface area (Å²) in [5, 5.41) is 0. The minimum atomic E-state index is -0.721. The van der Waals surface area contributed by atoms with Crippen LogP contribution in [0.3, 0.4) is 0 Å².